The number of benzene rings is 1. The number of nitrogens with two attached hydrogens (primary N) is 1. The molecule has 1 aliphatic rings. The summed E-state index contributed by atoms with van der Waals surface area (Å²) in [6.07, 6.45) is 1.89. The van der Waals surface area contributed by atoms with E-state index in [0.29, 0.717) is 39.6 Å². The van der Waals surface area contributed by atoms with Crippen LogP contribution >= 0.6 is 0 Å². The Labute approximate surface area is 210 Å². The lowest BCUT2D eigenvalue weighted by Gasteiger charge is -2.37. The highest BCUT2D eigenvalue weighted by Crippen LogP contribution is 2.29. The number of nitrogen functional groups attached to an aromatic ring is 1. The predicted octanol–water partition coefficient (Wildman–Crippen LogP) is 1.43. The molecule has 4 N–H and O–H groups in total. The smallest absolute Gasteiger partial charge is 0.260 e. The van der Waals surface area contributed by atoms with Gasteiger partial charge in [-0.1, -0.05) is 5.16 Å². The standard InChI is InChI=1S/C24H25N7O6/c1-13-12-31(15-6-7-26-18(11-15)35-3)28-21(13)30-8-9-36-19(22(30)32)24(2,34)23(33)27-14-4-5-16-17(10-14)37-29-20(16)25/h4-7,10-12,19,34H,8-9H2,1-3H3,(H2,25,29)(H,27,33)/t19-,24?/m0/s1. The van der Waals surface area contributed by atoms with E-state index < -0.39 is 23.5 Å². The number of carbonyl (C=O) groups excluding carboxylic acids is 2. The third-order valence-corrected chi connectivity index (χ3v) is 6.14. The number of aromatic nitrogens is 4. The molecule has 3 aromatic heterocycles. The second-order valence-corrected chi connectivity index (χ2v) is 8.76. The number of nitrogens with one attached hydrogen (secondary N) is 1. The average Bonchev–Trinajstić information content (AvgIpc) is 3.46. The van der Waals surface area contributed by atoms with Gasteiger partial charge in [0.25, 0.3) is 11.8 Å². The van der Waals surface area contributed by atoms with Gasteiger partial charge in [0.15, 0.2) is 28.9 Å². The Morgan fingerprint density at radius 1 is 1.32 bits per heavy atom. The molecule has 1 aliphatic heterocycles. The normalized spacial score (nSPS) is 17.6. The Morgan fingerprint density at radius 3 is 2.92 bits per heavy atom. The lowest BCUT2D eigenvalue weighted by Crippen LogP contribution is -2.61. The van der Waals surface area contributed by atoms with Crippen molar-refractivity contribution < 1.29 is 28.7 Å². The topological polar surface area (TPSA) is 171 Å². The number of methoxy groups -OCH3 is 1. The molecule has 1 fully saturated rings. The number of pyridine rings is 1. The van der Waals surface area contributed by atoms with E-state index >= 15 is 0 Å². The summed E-state index contributed by atoms with van der Waals surface area (Å²) in [5.41, 5.74) is 5.63. The highest BCUT2D eigenvalue weighted by molar-refractivity contribution is 6.06. The van der Waals surface area contributed by atoms with Crippen LogP contribution in [0.2, 0.25) is 0 Å². The van der Waals surface area contributed by atoms with Gasteiger partial charge in [-0.2, -0.15) is 0 Å². The molecule has 13 nitrogen and oxygen atoms in total. The minimum Gasteiger partial charge on any atom is -0.481 e. The molecular weight excluding hydrogens is 482 g/mol. The van der Waals surface area contributed by atoms with E-state index in [2.05, 4.69) is 20.6 Å². The summed E-state index contributed by atoms with van der Waals surface area (Å²) in [6.45, 7) is 3.34. The number of anilines is 3. The summed E-state index contributed by atoms with van der Waals surface area (Å²) in [7, 11) is 1.52. The fraction of sp³-hybridized carbons (Fsp3) is 0.292. The molecule has 37 heavy (non-hydrogen) atoms. The van der Waals surface area contributed by atoms with Gasteiger partial charge in [0.05, 0.1) is 31.3 Å². The van der Waals surface area contributed by atoms with E-state index in [-0.39, 0.29) is 19.0 Å². The number of rotatable bonds is 6. The molecule has 0 spiro atoms. The molecule has 1 unspecified atom stereocenters. The van der Waals surface area contributed by atoms with E-state index in [1.807, 2.05) is 6.92 Å². The van der Waals surface area contributed by atoms with Gasteiger partial charge in [0.1, 0.15) is 0 Å². The number of nitrogens with zero attached hydrogens (tertiary/aromatic N) is 5. The van der Waals surface area contributed by atoms with Crippen LogP contribution in [-0.4, -0.2) is 68.8 Å². The minimum absolute atomic E-state index is 0.0958. The summed E-state index contributed by atoms with van der Waals surface area (Å²) in [4.78, 5) is 32.0. The highest BCUT2D eigenvalue weighted by atomic mass is 16.5. The van der Waals surface area contributed by atoms with Crippen LogP contribution in [-0.2, 0) is 14.3 Å². The first kappa shape index (κ1) is 24.2. The summed E-state index contributed by atoms with van der Waals surface area (Å²) < 4.78 is 17.5. The lowest BCUT2D eigenvalue weighted by molar-refractivity contribution is -0.165. The molecule has 0 bridgehead atoms. The number of morpholine rings is 1. The molecule has 5 rings (SSSR count). The zero-order chi connectivity index (χ0) is 26.3. The van der Waals surface area contributed by atoms with E-state index in [1.54, 1.807) is 41.3 Å². The molecule has 4 heterocycles. The van der Waals surface area contributed by atoms with Crippen LogP contribution in [0.5, 0.6) is 5.88 Å². The summed E-state index contributed by atoms with van der Waals surface area (Å²) in [6, 6.07) is 8.20. The third kappa shape index (κ3) is 4.34. The highest BCUT2D eigenvalue weighted by Gasteiger charge is 2.49. The molecule has 0 radical (unpaired) electrons. The number of amides is 2. The first-order valence-electron chi connectivity index (χ1n) is 11.4. The largest absolute Gasteiger partial charge is 0.481 e. The molecule has 192 valence electrons. The van der Waals surface area contributed by atoms with Crippen LogP contribution in [0, 0.1) is 6.92 Å². The summed E-state index contributed by atoms with van der Waals surface area (Å²) in [5.74, 6) is -0.389. The maximum Gasteiger partial charge on any atom is 0.260 e. The maximum atomic E-state index is 13.5. The van der Waals surface area contributed by atoms with Crippen molar-refractivity contribution in [1.29, 1.82) is 0 Å². The number of hydrogen-bond donors (Lipinski definition) is 3. The first-order valence-corrected chi connectivity index (χ1v) is 11.4. The zero-order valence-corrected chi connectivity index (χ0v) is 20.3. The fourth-order valence-electron chi connectivity index (χ4n) is 4.11. The molecule has 2 amide bonds. The van der Waals surface area contributed by atoms with Crippen molar-refractivity contribution in [3.63, 3.8) is 0 Å². The van der Waals surface area contributed by atoms with Crippen molar-refractivity contribution in [2.45, 2.75) is 25.6 Å². The van der Waals surface area contributed by atoms with Gasteiger partial charge in [-0.3, -0.25) is 14.5 Å². The van der Waals surface area contributed by atoms with Gasteiger partial charge >= 0.3 is 0 Å². The van der Waals surface area contributed by atoms with Crippen LogP contribution < -0.4 is 20.7 Å². The number of ether oxygens (including phenoxy) is 2. The van der Waals surface area contributed by atoms with E-state index in [0.717, 1.165) is 0 Å². The third-order valence-electron chi connectivity index (χ3n) is 6.14. The van der Waals surface area contributed by atoms with Crippen molar-refractivity contribution in [2.24, 2.45) is 0 Å². The van der Waals surface area contributed by atoms with Crippen molar-refractivity contribution in [3.8, 4) is 11.6 Å². The minimum atomic E-state index is -2.19. The second-order valence-electron chi connectivity index (χ2n) is 8.76. The predicted molar refractivity (Wildman–Crippen MR) is 132 cm³/mol. The monoisotopic (exact) mass is 507 g/mol. The number of aryl methyl sites for hydroxylation is 1. The molecular formula is C24H25N7O6. The van der Waals surface area contributed by atoms with Crippen LogP contribution in [0.15, 0.2) is 47.2 Å². The quantitative estimate of drug-likeness (QED) is 0.347. The summed E-state index contributed by atoms with van der Waals surface area (Å²) in [5, 5.41) is 22.6. The average molecular weight is 508 g/mol. The zero-order valence-electron chi connectivity index (χ0n) is 20.3. The summed E-state index contributed by atoms with van der Waals surface area (Å²) >= 11 is 0. The molecule has 1 saturated heterocycles. The Balaban J connectivity index is 1.36. The van der Waals surface area contributed by atoms with Gasteiger partial charge in [0, 0.05) is 35.8 Å². The van der Waals surface area contributed by atoms with Crippen LogP contribution in [0.3, 0.4) is 0 Å². The van der Waals surface area contributed by atoms with Gasteiger partial charge in [-0.05, 0) is 32.0 Å². The molecule has 4 aromatic rings. The Morgan fingerprint density at radius 2 is 2.14 bits per heavy atom. The van der Waals surface area contributed by atoms with Gasteiger partial charge < -0.3 is 30.2 Å². The fourth-order valence-corrected chi connectivity index (χ4v) is 4.11. The lowest BCUT2D eigenvalue weighted by atomic mass is 9.95. The molecule has 1 aromatic carbocycles. The number of aliphatic hydroxyl groups is 1. The Kier molecular flexibility index (Phi) is 6.01. The maximum absolute atomic E-state index is 13.5. The SMILES string of the molecule is COc1cc(-n2cc(C)c(N3CCO[C@H](C(C)(O)C(=O)Nc4ccc5c(N)noc5c4)C3=O)n2)ccn1. The van der Waals surface area contributed by atoms with Crippen molar-refractivity contribution in [3.05, 3.63) is 48.3 Å². The number of carbonyl (C=O) groups is 2. The van der Waals surface area contributed by atoms with Crippen molar-refractivity contribution in [2.75, 3.05) is 36.2 Å². The first-order chi connectivity index (χ1) is 17.7. The van der Waals surface area contributed by atoms with Gasteiger partial charge in [-0.15, -0.1) is 5.10 Å². The Hall–Kier alpha value is -4.49. The molecule has 0 aliphatic carbocycles. The number of hydrogen-bond acceptors (Lipinski definition) is 10. The second kappa shape index (κ2) is 9.19. The molecule has 0 saturated carbocycles. The van der Waals surface area contributed by atoms with Crippen molar-refractivity contribution in [1.82, 2.24) is 19.9 Å². The van der Waals surface area contributed by atoms with E-state index in [9.17, 15) is 14.7 Å². The van der Waals surface area contributed by atoms with E-state index in [4.69, 9.17) is 19.7 Å². The van der Waals surface area contributed by atoms with Crippen LogP contribution in [0.25, 0.3) is 16.7 Å². The van der Waals surface area contributed by atoms with E-state index in [1.165, 1.54) is 25.0 Å². The van der Waals surface area contributed by atoms with Gasteiger partial charge in [-0.25, -0.2) is 9.67 Å². The van der Waals surface area contributed by atoms with Crippen molar-refractivity contribution >= 4 is 40.1 Å². The number of fused-ring (bicyclic) bond motifs is 1. The Bertz CT molecular complexity index is 1490. The van der Waals surface area contributed by atoms with Crippen LogP contribution in [0.1, 0.15) is 12.5 Å². The van der Waals surface area contributed by atoms with Crippen LogP contribution in [0.4, 0.5) is 17.3 Å². The molecule has 13 heteroatoms. The van der Waals surface area contributed by atoms with Gasteiger partial charge in [0.2, 0.25) is 5.88 Å². The molecule has 2 atom stereocenters.